The van der Waals surface area contributed by atoms with E-state index in [4.69, 9.17) is 4.74 Å². The summed E-state index contributed by atoms with van der Waals surface area (Å²) in [4.78, 5) is 23.3. The van der Waals surface area contributed by atoms with Crippen molar-refractivity contribution in [3.63, 3.8) is 0 Å². The van der Waals surface area contributed by atoms with Crippen LogP contribution in [-0.4, -0.2) is 23.1 Å². The highest BCUT2D eigenvalue weighted by Gasteiger charge is 2.33. The van der Waals surface area contributed by atoms with Crippen LogP contribution in [0.2, 0.25) is 0 Å². The summed E-state index contributed by atoms with van der Waals surface area (Å²) in [6, 6.07) is 0. The quantitative estimate of drug-likeness (QED) is 0.752. The van der Waals surface area contributed by atoms with Gasteiger partial charge in [-0.1, -0.05) is 39.0 Å². The molecule has 1 fully saturated rings. The number of ether oxygens (including phenoxy) is 1. The average molecular weight is 270 g/mol. The monoisotopic (exact) mass is 270 g/mol. The standard InChI is InChI=1S/C15H26O4/c1-10(2)19-15(18)11(3)13(14(16)17)9-12-7-5-4-6-8-12/h10-13H,4-9H2,1-3H3,(H,16,17)/t11-,13+/m0/s1. The lowest BCUT2D eigenvalue weighted by Gasteiger charge is -2.27. The zero-order valence-electron chi connectivity index (χ0n) is 12.2. The molecule has 0 aromatic carbocycles. The lowest BCUT2D eigenvalue weighted by atomic mass is 9.79. The number of carbonyl (C=O) groups excluding carboxylic acids is 1. The van der Waals surface area contributed by atoms with Gasteiger partial charge in [0.15, 0.2) is 0 Å². The van der Waals surface area contributed by atoms with E-state index in [1.165, 1.54) is 19.3 Å². The Balaban J connectivity index is 2.60. The van der Waals surface area contributed by atoms with Gasteiger partial charge in [-0.05, 0) is 26.2 Å². The third-order valence-corrected chi connectivity index (χ3v) is 3.96. The maximum Gasteiger partial charge on any atom is 0.309 e. The van der Waals surface area contributed by atoms with Crippen LogP contribution in [0.5, 0.6) is 0 Å². The predicted octanol–water partition coefficient (Wildman–Crippen LogP) is 3.25. The maximum atomic E-state index is 11.9. The van der Waals surface area contributed by atoms with Crippen molar-refractivity contribution in [3.05, 3.63) is 0 Å². The molecule has 1 aliphatic carbocycles. The third-order valence-electron chi connectivity index (χ3n) is 3.96. The van der Waals surface area contributed by atoms with Crippen LogP contribution < -0.4 is 0 Å². The van der Waals surface area contributed by atoms with Gasteiger partial charge in [0.05, 0.1) is 17.9 Å². The van der Waals surface area contributed by atoms with E-state index in [9.17, 15) is 14.7 Å². The molecule has 0 aliphatic heterocycles. The summed E-state index contributed by atoms with van der Waals surface area (Å²) in [6.07, 6.45) is 6.21. The van der Waals surface area contributed by atoms with Crippen molar-refractivity contribution < 1.29 is 19.4 Å². The first-order chi connectivity index (χ1) is 8.91. The molecule has 0 aromatic heterocycles. The summed E-state index contributed by atoms with van der Waals surface area (Å²) in [5, 5.41) is 9.35. The summed E-state index contributed by atoms with van der Waals surface area (Å²) < 4.78 is 5.13. The Morgan fingerprint density at radius 3 is 2.21 bits per heavy atom. The molecule has 0 unspecified atom stereocenters. The number of hydrogen-bond donors (Lipinski definition) is 1. The Morgan fingerprint density at radius 1 is 1.16 bits per heavy atom. The van der Waals surface area contributed by atoms with Gasteiger partial charge in [-0.3, -0.25) is 9.59 Å². The lowest BCUT2D eigenvalue weighted by Crippen LogP contribution is -2.32. The van der Waals surface area contributed by atoms with E-state index >= 15 is 0 Å². The Morgan fingerprint density at radius 2 is 1.74 bits per heavy atom. The highest BCUT2D eigenvalue weighted by molar-refractivity contribution is 5.80. The molecule has 0 bridgehead atoms. The predicted molar refractivity (Wildman–Crippen MR) is 72.7 cm³/mol. The van der Waals surface area contributed by atoms with Crippen LogP contribution in [0.4, 0.5) is 0 Å². The largest absolute Gasteiger partial charge is 0.481 e. The fraction of sp³-hybridized carbons (Fsp3) is 0.867. The third kappa shape index (κ3) is 5.21. The first-order valence-electron chi connectivity index (χ1n) is 7.35. The van der Waals surface area contributed by atoms with Crippen LogP contribution in [0.15, 0.2) is 0 Å². The second-order valence-corrected chi connectivity index (χ2v) is 5.96. The van der Waals surface area contributed by atoms with E-state index in [-0.39, 0.29) is 6.10 Å². The Bertz CT molecular complexity index is 305. The van der Waals surface area contributed by atoms with Crippen LogP contribution in [0.3, 0.4) is 0 Å². The molecule has 0 saturated heterocycles. The highest BCUT2D eigenvalue weighted by Crippen LogP contribution is 2.32. The van der Waals surface area contributed by atoms with Crippen LogP contribution in [0, 0.1) is 17.8 Å². The molecular formula is C15H26O4. The molecule has 0 heterocycles. The normalized spacial score (nSPS) is 20.0. The minimum absolute atomic E-state index is 0.195. The molecule has 4 heteroatoms. The molecule has 1 saturated carbocycles. The molecule has 1 N–H and O–H groups in total. The van der Waals surface area contributed by atoms with E-state index in [0.29, 0.717) is 12.3 Å². The molecule has 2 atom stereocenters. The van der Waals surface area contributed by atoms with Gasteiger partial charge >= 0.3 is 11.9 Å². The minimum atomic E-state index is -0.876. The number of aliphatic carboxylic acids is 1. The van der Waals surface area contributed by atoms with Crippen molar-refractivity contribution in [2.24, 2.45) is 17.8 Å². The second kappa shape index (κ2) is 7.51. The molecule has 4 nitrogen and oxygen atoms in total. The number of carbonyl (C=O) groups is 2. The lowest BCUT2D eigenvalue weighted by molar-refractivity contribution is -0.160. The molecule has 0 amide bonds. The number of carboxylic acids is 1. The Hall–Kier alpha value is -1.06. The number of esters is 1. The minimum Gasteiger partial charge on any atom is -0.481 e. The molecule has 19 heavy (non-hydrogen) atoms. The maximum absolute atomic E-state index is 11.9. The van der Waals surface area contributed by atoms with Gasteiger partial charge < -0.3 is 9.84 Å². The van der Waals surface area contributed by atoms with Crippen molar-refractivity contribution in [1.82, 2.24) is 0 Å². The van der Waals surface area contributed by atoms with Crippen molar-refractivity contribution in [3.8, 4) is 0 Å². The molecule has 110 valence electrons. The first-order valence-corrected chi connectivity index (χ1v) is 7.35. The average Bonchev–Trinajstić information content (AvgIpc) is 2.35. The van der Waals surface area contributed by atoms with Crippen molar-refractivity contribution >= 4 is 11.9 Å². The topological polar surface area (TPSA) is 63.6 Å². The highest BCUT2D eigenvalue weighted by atomic mass is 16.5. The molecule has 0 radical (unpaired) electrons. The summed E-state index contributed by atoms with van der Waals surface area (Å²) in [5.74, 6) is -2.00. The van der Waals surface area contributed by atoms with E-state index in [0.717, 1.165) is 12.8 Å². The van der Waals surface area contributed by atoms with Gasteiger partial charge in [0.2, 0.25) is 0 Å². The molecular weight excluding hydrogens is 244 g/mol. The molecule has 0 aromatic rings. The summed E-state index contributed by atoms with van der Waals surface area (Å²) in [7, 11) is 0. The van der Waals surface area contributed by atoms with Gasteiger partial charge in [0.1, 0.15) is 0 Å². The van der Waals surface area contributed by atoms with Gasteiger partial charge in [0, 0.05) is 0 Å². The summed E-state index contributed by atoms with van der Waals surface area (Å²) in [5.41, 5.74) is 0. The van der Waals surface area contributed by atoms with E-state index in [2.05, 4.69) is 0 Å². The van der Waals surface area contributed by atoms with Gasteiger partial charge in [-0.15, -0.1) is 0 Å². The second-order valence-electron chi connectivity index (χ2n) is 5.96. The van der Waals surface area contributed by atoms with Crippen molar-refractivity contribution in [2.45, 2.75) is 65.4 Å². The van der Waals surface area contributed by atoms with Crippen molar-refractivity contribution in [1.29, 1.82) is 0 Å². The number of rotatable bonds is 6. The zero-order chi connectivity index (χ0) is 14.4. The molecule has 0 spiro atoms. The van der Waals surface area contributed by atoms with Crippen LogP contribution in [-0.2, 0) is 14.3 Å². The van der Waals surface area contributed by atoms with Crippen LogP contribution in [0.25, 0.3) is 0 Å². The summed E-state index contributed by atoms with van der Waals surface area (Å²) in [6.45, 7) is 5.23. The van der Waals surface area contributed by atoms with Crippen LogP contribution >= 0.6 is 0 Å². The van der Waals surface area contributed by atoms with E-state index < -0.39 is 23.8 Å². The molecule has 1 rings (SSSR count). The van der Waals surface area contributed by atoms with Gasteiger partial charge in [-0.25, -0.2) is 0 Å². The van der Waals surface area contributed by atoms with Gasteiger partial charge in [0.25, 0.3) is 0 Å². The van der Waals surface area contributed by atoms with Crippen LogP contribution in [0.1, 0.15) is 59.3 Å². The molecule has 1 aliphatic rings. The summed E-state index contributed by atoms with van der Waals surface area (Å²) >= 11 is 0. The zero-order valence-corrected chi connectivity index (χ0v) is 12.2. The Labute approximate surface area is 115 Å². The smallest absolute Gasteiger partial charge is 0.309 e. The van der Waals surface area contributed by atoms with E-state index in [1.54, 1.807) is 20.8 Å². The number of hydrogen-bond acceptors (Lipinski definition) is 3. The fourth-order valence-corrected chi connectivity index (χ4v) is 2.80. The van der Waals surface area contributed by atoms with Gasteiger partial charge in [-0.2, -0.15) is 0 Å². The first kappa shape index (κ1) is 16.0. The van der Waals surface area contributed by atoms with E-state index in [1.807, 2.05) is 0 Å². The SMILES string of the molecule is CC(C)OC(=O)[C@@H](C)[C@@H](CC1CCCCC1)C(=O)O. The number of carboxylic acid groups (broad SMARTS) is 1. The fourth-order valence-electron chi connectivity index (χ4n) is 2.80. The van der Waals surface area contributed by atoms with Crippen molar-refractivity contribution in [2.75, 3.05) is 0 Å². The Kier molecular flexibility index (Phi) is 6.32.